The molecule has 1 aromatic carbocycles. The van der Waals surface area contributed by atoms with Gasteiger partial charge in [0.15, 0.2) is 0 Å². The Morgan fingerprint density at radius 2 is 1.95 bits per heavy atom. The van der Waals surface area contributed by atoms with Gasteiger partial charge in [-0.15, -0.1) is 0 Å². The normalized spacial score (nSPS) is 15.3. The second-order valence-corrected chi connectivity index (χ2v) is 6.16. The second kappa shape index (κ2) is 7.93. The van der Waals surface area contributed by atoms with Crippen LogP contribution in [-0.4, -0.2) is 53.1 Å². The molecule has 0 aliphatic carbocycles. The summed E-state index contributed by atoms with van der Waals surface area (Å²) in [5, 5.41) is 11.8. The Hall–Kier alpha value is -1.69. The quantitative estimate of drug-likeness (QED) is 0.893. The third-order valence-electron chi connectivity index (χ3n) is 3.40. The zero-order chi connectivity index (χ0) is 15.1. The van der Waals surface area contributed by atoms with Gasteiger partial charge in [0.05, 0.1) is 5.56 Å². The number of benzene rings is 1. The van der Waals surface area contributed by atoms with Gasteiger partial charge in [-0.25, -0.2) is 9.59 Å². The molecule has 6 heteroatoms. The van der Waals surface area contributed by atoms with Crippen LogP contribution in [0.15, 0.2) is 24.3 Å². The molecule has 0 aromatic heterocycles. The van der Waals surface area contributed by atoms with E-state index in [1.54, 1.807) is 24.3 Å². The summed E-state index contributed by atoms with van der Waals surface area (Å²) in [4.78, 5) is 24.6. The topological polar surface area (TPSA) is 69.6 Å². The summed E-state index contributed by atoms with van der Waals surface area (Å²) < 4.78 is 0. The van der Waals surface area contributed by atoms with Crippen molar-refractivity contribution in [3.8, 4) is 0 Å². The van der Waals surface area contributed by atoms with E-state index in [-0.39, 0.29) is 11.6 Å². The number of amides is 2. The van der Waals surface area contributed by atoms with Gasteiger partial charge in [-0.3, -0.25) is 0 Å². The highest BCUT2D eigenvalue weighted by Crippen LogP contribution is 2.10. The number of nitrogens with zero attached hydrogens (tertiary/aromatic N) is 1. The lowest BCUT2D eigenvalue weighted by Crippen LogP contribution is -2.41. The maximum absolute atomic E-state index is 12.0. The van der Waals surface area contributed by atoms with Crippen LogP contribution in [0.1, 0.15) is 22.3 Å². The number of aromatic carboxylic acids is 1. The average Bonchev–Trinajstić information content (AvgIpc) is 2.77. The van der Waals surface area contributed by atoms with Crippen LogP contribution in [0.2, 0.25) is 0 Å². The molecule has 5 nitrogen and oxygen atoms in total. The Balaban J connectivity index is 1.75. The van der Waals surface area contributed by atoms with Gasteiger partial charge in [0.2, 0.25) is 0 Å². The molecule has 1 saturated heterocycles. The van der Waals surface area contributed by atoms with E-state index in [1.807, 2.05) is 16.7 Å². The molecule has 0 bridgehead atoms. The van der Waals surface area contributed by atoms with Crippen LogP contribution >= 0.6 is 11.8 Å². The fourth-order valence-electron chi connectivity index (χ4n) is 2.19. The standard InChI is InChI=1S/C15H20N2O3S/c18-14(19)13-4-2-12(3-5-13)6-7-16-15(20)17-8-1-10-21-11-9-17/h2-5H,1,6-11H2,(H,16,20)(H,18,19). The highest BCUT2D eigenvalue weighted by molar-refractivity contribution is 7.99. The molecule has 2 amide bonds. The molecule has 0 unspecified atom stereocenters. The van der Waals surface area contributed by atoms with E-state index >= 15 is 0 Å². The molecule has 1 heterocycles. The number of carbonyl (C=O) groups is 2. The molecule has 21 heavy (non-hydrogen) atoms. The van der Waals surface area contributed by atoms with E-state index in [2.05, 4.69) is 5.32 Å². The Kier molecular flexibility index (Phi) is 5.92. The largest absolute Gasteiger partial charge is 0.478 e. The molecule has 2 N–H and O–H groups in total. The summed E-state index contributed by atoms with van der Waals surface area (Å²) in [7, 11) is 0. The zero-order valence-electron chi connectivity index (χ0n) is 11.9. The highest BCUT2D eigenvalue weighted by atomic mass is 32.2. The molecule has 2 rings (SSSR count). The number of hydrogen-bond acceptors (Lipinski definition) is 3. The van der Waals surface area contributed by atoms with Crippen molar-refractivity contribution in [1.29, 1.82) is 0 Å². The molecular formula is C15H20N2O3S. The molecule has 1 aliphatic heterocycles. The fraction of sp³-hybridized carbons (Fsp3) is 0.467. The molecule has 1 aliphatic rings. The molecule has 114 valence electrons. The minimum atomic E-state index is -0.922. The molecule has 1 fully saturated rings. The molecular weight excluding hydrogens is 288 g/mol. The van der Waals surface area contributed by atoms with Crippen molar-refractivity contribution in [2.75, 3.05) is 31.1 Å². The number of carboxylic acids is 1. The number of urea groups is 1. The lowest BCUT2D eigenvalue weighted by Gasteiger charge is -2.20. The number of rotatable bonds is 4. The molecule has 0 radical (unpaired) electrons. The zero-order valence-corrected chi connectivity index (χ0v) is 12.7. The van der Waals surface area contributed by atoms with E-state index in [0.717, 1.165) is 36.6 Å². The highest BCUT2D eigenvalue weighted by Gasteiger charge is 2.14. The lowest BCUT2D eigenvalue weighted by molar-refractivity contribution is 0.0697. The SMILES string of the molecule is O=C(O)c1ccc(CCNC(=O)N2CCCSCC2)cc1. The van der Waals surface area contributed by atoms with Crippen LogP contribution in [0, 0.1) is 0 Å². The van der Waals surface area contributed by atoms with Gasteiger partial charge in [0, 0.05) is 25.4 Å². The van der Waals surface area contributed by atoms with Gasteiger partial charge in [-0.05, 0) is 36.3 Å². The summed E-state index contributed by atoms with van der Waals surface area (Å²) in [6.45, 7) is 2.20. The van der Waals surface area contributed by atoms with Gasteiger partial charge < -0.3 is 15.3 Å². The van der Waals surface area contributed by atoms with Crippen molar-refractivity contribution in [2.45, 2.75) is 12.8 Å². The second-order valence-electron chi connectivity index (χ2n) is 4.94. The van der Waals surface area contributed by atoms with E-state index in [9.17, 15) is 9.59 Å². The van der Waals surface area contributed by atoms with Crippen LogP contribution in [0.5, 0.6) is 0 Å². The molecule has 0 spiro atoms. The Bertz CT molecular complexity index is 482. The van der Waals surface area contributed by atoms with Gasteiger partial charge >= 0.3 is 12.0 Å². The predicted molar refractivity (Wildman–Crippen MR) is 84.0 cm³/mol. The summed E-state index contributed by atoms with van der Waals surface area (Å²) in [5.74, 6) is 1.21. The van der Waals surface area contributed by atoms with Crippen molar-refractivity contribution in [2.24, 2.45) is 0 Å². The maximum atomic E-state index is 12.0. The molecule has 0 saturated carbocycles. The monoisotopic (exact) mass is 308 g/mol. The van der Waals surface area contributed by atoms with Crippen molar-refractivity contribution < 1.29 is 14.7 Å². The number of carboxylic acid groups (broad SMARTS) is 1. The lowest BCUT2D eigenvalue weighted by atomic mass is 10.1. The third kappa shape index (κ3) is 4.97. The summed E-state index contributed by atoms with van der Waals surface area (Å²) in [5.41, 5.74) is 1.30. The van der Waals surface area contributed by atoms with Crippen molar-refractivity contribution in [3.05, 3.63) is 35.4 Å². The number of carbonyl (C=O) groups excluding carboxylic acids is 1. The number of hydrogen-bond donors (Lipinski definition) is 2. The maximum Gasteiger partial charge on any atom is 0.335 e. The Morgan fingerprint density at radius 1 is 1.19 bits per heavy atom. The van der Waals surface area contributed by atoms with Gasteiger partial charge in [-0.2, -0.15) is 11.8 Å². The minimum absolute atomic E-state index is 0.000318. The number of nitrogens with one attached hydrogen (secondary N) is 1. The van der Waals surface area contributed by atoms with E-state index < -0.39 is 5.97 Å². The van der Waals surface area contributed by atoms with Crippen LogP contribution in [0.25, 0.3) is 0 Å². The predicted octanol–water partition coefficient (Wildman–Crippen LogP) is 2.08. The molecule has 0 atom stereocenters. The van der Waals surface area contributed by atoms with Crippen molar-refractivity contribution in [1.82, 2.24) is 10.2 Å². The number of thioether (sulfide) groups is 1. The minimum Gasteiger partial charge on any atom is -0.478 e. The first-order chi connectivity index (χ1) is 10.2. The van der Waals surface area contributed by atoms with Crippen LogP contribution in [-0.2, 0) is 6.42 Å². The Morgan fingerprint density at radius 3 is 2.67 bits per heavy atom. The third-order valence-corrected chi connectivity index (χ3v) is 4.45. The van der Waals surface area contributed by atoms with E-state index in [1.165, 1.54) is 0 Å². The first-order valence-electron chi connectivity index (χ1n) is 7.09. The first kappa shape index (κ1) is 15.7. The Labute approximate surface area is 128 Å². The van der Waals surface area contributed by atoms with Crippen LogP contribution in [0.3, 0.4) is 0 Å². The van der Waals surface area contributed by atoms with E-state index in [0.29, 0.717) is 13.0 Å². The van der Waals surface area contributed by atoms with Crippen molar-refractivity contribution in [3.63, 3.8) is 0 Å². The summed E-state index contributed by atoms with van der Waals surface area (Å²) in [6, 6.07) is 6.76. The van der Waals surface area contributed by atoms with Crippen molar-refractivity contribution >= 4 is 23.8 Å². The van der Waals surface area contributed by atoms with Gasteiger partial charge in [-0.1, -0.05) is 12.1 Å². The molecule has 1 aromatic rings. The van der Waals surface area contributed by atoms with Gasteiger partial charge in [0.25, 0.3) is 0 Å². The summed E-state index contributed by atoms with van der Waals surface area (Å²) in [6.07, 6.45) is 1.75. The van der Waals surface area contributed by atoms with E-state index in [4.69, 9.17) is 5.11 Å². The van der Waals surface area contributed by atoms with Gasteiger partial charge in [0.1, 0.15) is 0 Å². The fourth-order valence-corrected chi connectivity index (χ4v) is 3.08. The van der Waals surface area contributed by atoms with Crippen LogP contribution < -0.4 is 5.32 Å². The smallest absolute Gasteiger partial charge is 0.335 e. The summed E-state index contributed by atoms with van der Waals surface area (Å²) >= 11 is 1.89. The first-order valence-corrected chi connectivity index (χ1v) is 8.25. The van der Waals surface area contributed by atoms with Crippen LogP contribution in [0.4, 0.5) is 4.79 Å². The average molecular weight is 308 g/mol.